The molecule has 0 spiro atoms. The van der Waals surface area contributed by atoms with Crippen molar-refractivity contribution in [2.45, 2.75) is 64.0 Å². The highest BCUT2D eigenvalue weighted by atomic mass is 19.1. The Morgan fingerprint density at radius 3 is 2.64 bits per heavy atom. The molecule has 2 aliphatic rings. The van der Waals surface area contributed by atoms with Crippen LogP contribution in [0.15, 0.2) is 54.4 Å². The van der Waals surface area contributed by atoms with Gasteiger partial charge in [-0.25, -0.2) is 13.2 Å². The van der Waals surface area contributed by atoms with Gasteiger partial charge in [0.15, 0.2) is 0 Å². The molecular weight excluding hydrogens is 547 g/mol. The third-order valence-electron chi connectivity index (χ3n) is 7.26. The van der Waals surface area contributed by atoms with Gasteiger partial charge in [0.2, 0.25) is 6.41 Å². The fourth-order valence-electron chi connectivity index (χ4n) is 5.09. The van der Waals surface area contributed by atoms with Crippen molar-refractivity contribution >= 4 is 29.7 Å². The summed E-state index contributed by atoms with van der Waals surface area (Å²) in [5, 5.41) is 8.75. The van der Waals surface area contributed by atoms with Crippen molar-refractivity contribution in [1.29, 1.82) is 0 Å². The Hall–Kier alpha value is -4.05. The monoisotopic (exact) mass is 583 g/mol. The zero-order valence-electron chi connectivity index (χ0n) is 23.6. The van der Waals surface area contributed by atoms with Crippen LogP contribution in [0, 0.1) is 17.5 Å². The molecule has 0 radical (unpaired) electrons. The van der Waals surface area contributed by atoms with E-state index in [4.69, 9.17) is 9.47 Å². The van der Waals surface area contributed by atoms with E-state index in [1.165, 1.54) is 24.3 Å². The summed E-state index contributed by atoms with van der Waals surface area (Å²) in [7, 11) is 0. The van der Waals surface area contributed by atoms with E-state index in [9.17, 15) is 18.4 Å². The number of amides is 1. The molecular formula is C32H36F3N3O4. The number of rotatable bonds is 14. The lowest BCUT2D eigenvalue weighted by Gasteiger charge is -2.20. The molecule has 2 aromatic carbocycles. The second-order valence-corrected chi connectivity index (χ2v) is 10.3. The summed E-state index contributed by atoms with van der Waals surface area (Å²) < 4.78 is 54.5. The smallest absolute Gasteiger partial charge is 0.323 e. The summed E-state index contributed by atoms with van der Waals surface area (Å²) in [6.45, 7) is 6.71. The Morgan fingerprint density at radius 1 is 1.14 bits per heavy atom. The molecule has 0 saturated heterocycles. The molecule has 0 bridgehead atoms. The van der Waals surface area contributed by atoms with Crippen LogP contribution in [-0.4, -0.2) is 37.7 Å². The van der Waals surface area contributed by atoms with Crippen molar-refractivity contribution in [3.8, 4) is 5.75 Å². The molecule has 42 heavy (non-hydrogen) atoms. The second kappa shape index (κ2) is 14.7. The molecule has 2 aromatic rings. The Kier molecular flexibility index (Phi) is 10.8. The maximum atomic E-state index is 15.1. The molecule has 1 amide bonds. The second-order valence-electron chi connectivity index (χ2n) is 10.3. The van der Waals surface area contributed by atoms with Gasteiger partial charge in [0.1, 0.15) is 41.2 Å². The number of nitrogens with one attached hydrogen (secondary N) is 3. The number of carbonyl (C=O) groups is 2. The van der Waals surface area contributed by atoms with Crippen molar-refractivity contribution < 1.29 is 32.2 Å². The van der Waals surface area contributed by atoms with E-state index in [-0.39, 0.29) is 58.6 Å². The van der Waals surface area contributed by atoms with Gasteiger partial charge in [-0.3, -0.25) is 9.59 Å². The van der Waals surface area contributed by atoms with Crippen LogP contribution >= 0.6 is 0 Å². The van der Waals surface area contributed by atoms with Crippen molar-refractivity contribution in [3.05, 3.63) is 83.0 Å². The van der Waals surface area contributed by atoms with E-state index in [1.54, 1.807) is 6.07 Å². The first-order valence-electron chi connectivity index (χ1n) is 14.2. The van der Waals surface area contributed by atoms with Gasteiger partial charge >= 0.3 is 5.97 Å². The molecule has 0 aromatic heterocycles. The molecule has 1 saturated carbocycles. The first-order valence-corrected chi connectivity index (χ1v) is 14.2. The topological polar surface area (TPSA) is 88.7 Å². The van der Waals surface area contributed by atoms with Gasteiger partial charge in [-0.05, 0) is 74.9 Å². The standard InChI is InChI=1S/C32H36F3N3O4/c1-3-7-29(32(40)42-22-8-4-5-9-22)36-14-6-15-41-23-17-28(35)26-13-12-25(31(37-19-39)38-30(26)18-23)20(2)24-11-10-21(33)16-27(24)34/h10-13,16-19,22,29,36,38H,2-9,14-15H2,1H3,(H,37,39)/t29-/m0/s1. The van der Waals surface area contributed by atoms with Crippen molar-refractivity contribution in [2.24, 2.45) is 0 Å². The minimum Gasteiger partial charge on any atom is -0.493 e. The predicted octanol–water partition coefficient (Wildman–Crippen LogP) is 6.23. The van der Waals surface area contributed by atoms with Crippen molar-refractivity contribution in [3.63, 3.8) is 0 Å². The van der Waals surface area contributed by atoms with Gasteiger partial charge in [0.25, 0.3) is 0 Å². The molecule has 10 heteroatoms. The first kappa shape index (κ1) is 30.9. The Balaban J connectivity index is 1.39. The number of hydrogen-bond acceptors (Lipinski definition) is 6. The van der Waals surface area contributed by atoms with E-state index < -0.39 is 17.5 Å². The lowest BCUT2D eigenvalue weighted by Crippen LogP contribution is -2.40. The Morgan fingerprint density at radius 2 is 1.93 bits per heavy atom. The maximum Gasteiger partial charge on any atom is 0.323 e. The van der Waals surface area contributed by atoms with E-state index in [0.717, 1.165) is 44.2 Å². The molecule has 4 rings (SSSR count). The molecule has 1 aliphatic carbocycles. The molecule has 1 heterocycles. The van der Waals surface area contributed by atoms with Crippen LogP contribution in [0.3, 0.4) is 0 Å². The third-order valence-corrected chi connectivity index (χ3v) is 7.26. The Labute approximate surface area is 243 Å². The van der Waals surface area contributed by atoms with Crippen LogP contribution in [0.25, 0.3) is 11.6 Å². The lowest BCUT2D eigenvalue weighted by molar-refractivity contribution is -0.151. The van der Waals surface area contributed by atoms with Gasteiger partial charge in [-0.1, -0.05) is 19.9 Å². The predicted molar refractivity (Wildman–Crippen MR) is 156 cm³/mol. The summed E-state index contributed by atoms with van der Waals surface area (Å²) in [5.41, 5.74) is 0.972. The zero-order chi connectivity index (χ0) is 30.1. The maximum absolute atomic E-state index is 15.1. The highest BCUT2D eigenvalue weighted by Gasteiger charge is 2.25. The molecule has 1 fully saturated rings. The van der Waals surface area contributed by atoms with Crippen LogP contribution in [0.4, 0.5) is 18.9 Å². The fraction of sp³-hybridized carbons (Fsp3) is 0.375. The van der Waals surface area contributed by atoms with Crippen LogP contribution in [0.2, 0.25) is 0 Å². The molecule has 1 atom stereocenters. The van der Waals surface area contributed by atoms with E-state index in [1.807, 2.05) is 6.92 Å². The van der Waals surface area contributed by atoms with Gasteiger partial charge < -0.3 is 25.4 Å². The summed E-state index contributed by atoms with van der Waals surface area (Å²) in [6, 6.07) is 5.55. The van der Waals surface area contributed by atoms with E-state index in [2.05, 4.69) is 22.5 Å². The number of ether oxygens (including phenoxy) is 2. The van der Waals surface area contributed by atoms with E-state index in [0.29, 0.717) is 31.5 Å². The average molecular weight is 584 g/mol. The molecule has 0 unspecified atom stereocenters. The summed E-state index contributed by atoms with van der Waals surface area (Å²) in [4.78, 5) is 24.0. The van der Waals surface area contributed by atoms with Gasteiger partial charge in [-0.2, -0.15) is 0 Å². The largest absolute Gasteiger partial charge is 0.493 e. The first-order chi connectivity index (χ1) is 20.3. The summed E-state index contributed by atoms with van der Waals surface area (Å²) in [5.74, 6) is -1.95. The Bertz CT molecular complexity index is 1370. The number of halogens is 3. The van der Waals surface area contributed by atoms with E-state index >= 15 is 4.39 Å². The lowest BCUT2D eigenvalue weighted by atomic mass is 9.98. The van der Waals surface area contributed by atoms with Crippen LogP contribution < -0.4 is 20.7 Å². The number of hydrogen-bond donors (Lipinski definition) is 3. The number of esters is 1. The number of anilines is 1. The quantitative estimate of drug-likeness (QED) is 0.139. The minimum absolute atomic E-state index is 0.0175. The normalized spacial score (nSPS) is 15.4. The minimum atomic E-state index is -0.823. The molecule has 7 nitrogen and oxygen atoms in total. The highest BCUT2D eigenvalue weighted by molar-refractivity contribution is 5.87. The van der Waals surface area contributed by atoms with Crippen molar-refractivity contribution in [1.82, 2.24) is 10.6 Å². The number of carbonyl (C=O) groups excluding carboxylic acids is 2. The summed E-state index contributed by atoms with van der Waals surface area (Å²) in [6.07, 6.45) is 9.52. The van der Waals surface area contributed by atoms with Crippen molar-refractivity contribution in [2.75, 3.05) is 18.5 Å². The number of allylic oxidation sites excluding steroid dienone is 3. The van der Waals surface area contributed by atoms with Crippen LogP contribution in [0.5, 0.6) is 5.75 Å². The van der Waals surface area contributed by atoms with Crippen LogP contribution in [0.1, 0.15) is 63.0 Å². The average Bonchev–Trinajstić information content (AvgIpc) is 3.39. The molecule has 224 valence electrons. The number of benzene rings is 2. The fourth-order valence-corrected chi connectivity index (χ4v) is 5.09. The van der Waals surface area contributed by atoms with Crippen LogP contribution in [-0.2, 0) is 14.3 Å². The van der Waals surface area contributed by atoms with Gasteiger partial charge in [-0.15, -0.1) is 0 Å². The number of fused-ring (bicyclic) bond motifs is 1. The third kappa shape index (κ3) is 7.82. The molecule has 1 aliphatic heterocycles. The highest BCUT2D eigenvalue weighted by Crippen LogP contribution is 2.35. The van der Waals surface area contributed by atoms with Gasteiger partial charge in [0, 0.05) is 34.9 Å². The summed E-state index contributed by atoms with van der Waals surface area (Å²) >= 11 is 0. The molecule has 3 N–H and O–H groups in total. The SMILES string of the molecule is C=C(C1=C(NC=O)Nc2cc(OCCCN[C@@H](CCC)C(=O)OC3CCCC3)cc(F)c2C=C1)c1ccc(F)cc1F. The van der Waals surface area contributed by atoms with Gasteiger partial charge in [0.05, 0.1) is 12.3 Å². The zero-order valence-corrected chi connectivity index (χ0v) is 23.6.